The van der Waals surface area contributed by atoms with Crippen LogP contribution in [0.4, 0.5) is 10.2 Å². The summed E-state index contributed by atoms with van der Waals surface area (Å²) in [5, 5.41) is 20.2. The number of nitro groups is 1. The topological polar surface area (TPSA) is 101 Å². The van der Waals surface area contributed by atoms with Gasteiger partial charge in [-0.15, -0.1) is 0 Å². The third-order valence-corrected chi connectivity index (χ3v) is 5.39. The first-order valence-electron chi connectivity index (χ1n) is 9.81. The van der Waals surface area contributed by atoms with Crippen molar-refractivity contribution in [2.75, 3.05) is 0 Å². The number of aryl methyl sites for hydroxylation is 1. The summed E-state index contributed by atoms with van der Waals surface area (Å²) in [6.07, 6.45) is 5.50. The predicted molar refractivity (Wildman–Crippen MR) is 122 cm³/mol. The minimum atomic E-state index is -0.643. The summed E-state index contributed by atoms with van der Waals surface area (Å²) in [6, 6.07) is 7.31. The second kappa shape index (κ2) is 9.67. The Bertz CT molecular complexity index is 1330. The second-order valence-electron chi connectivity index (χ2n) is 7.05. The van der Waals surface area contributed by atoms with Gasteiger partial charge in [-0.25, -0.2) is 9.07 Å². The van der Waals surface area contributed by atoms with E-state index in [9.17, 15) is 14.5 Å². The average molecular weight is 536 g/mol. The summed E-state index contributed by atoms with van der Waals surface area (Å²) in [7, 11) is 0. The standard InChI is InChI=1S/C21H17BrClFN6O3/c1-2-28-11-13(9-26-28)5-17-8-20(23)27-29(17)18-4-3-16(24)6-14(18)12-33-19-7-15(22)10-25-21(19)30(31)32/h3-4,6-11H,2,5,12H2,1H3. The first-order chi connectivity index (χ1) is 15.8. The maximum Gasteiger partial charge on any atom is 0.406 e. The van der Waals surface area contributed by atoms with Gasteiger partial charge in [-0.1, -0.05) is 11.6 Å². The van der Waals surface area contributed by atoms with Crippen molar-refractivity contribution in [2.45, 2.75) is 26.5 Å². The van der Waals surface area contributed by atoms with Gasteiger partial charge in [0.15, 0.2) is 11.3 Å². The molecule has 0 amide bonds. The van der Waals surface area contributed by atoms with Crippen LogP contribution in [0.1, 0.15) is 23.7 Å². The second-order valence-corrected chi connectivity index (χ2v) is 8.35. The molecule has 4 rings (SSSR count). The molecule has 0 unspecified atom stereocenters. The Morgan fingerprint density at radius 1 is 1.27 bits per heavy atom. The quantitative estimate of drug-likeness (QED) is 0.229. The molecule has 0 aliphatic heterocycles. The van der Waals surface area contributed by atoms with Gasteiger partial charge in [-0.05, 0) is 62.6 Å². The van der Waals surface area contributed by atoms with E-state index in [1.165, 1.54) is 24.4 Å². The first kappa shape index (κ1) is 22.9. The van der Waals surface area contributed by atoms with Crippen molar-refractivity contribution in [3.05, 3.63) is 91.3 Å². The smallest absolute Gasteiger partial charge is 0.406 e. The summed E-state index contributed by atoms with van der Waals surface area (Å²) in [5.74, 6) is -0.967. The zero-order chi connectivity index (χ0) is 23.5. The van der Waals surface area contributed by atoms with E-state index >= 15 is 0 Å². The highest BCUT2D eigenvalue weighted by Gasteiger charge is 2.20. The van der Waals surface area contributed by atoms with E-state index in [-0.39, 0.29) is 17.5 Å². The van der Waals surface area contributed by atoms with Gasteiger partial charge < -0.3 is 14.9 Å². The molecule has 0 saturated carbocycles. The van der Waals surface area contributed by atoms with Crippen molar-refractivity contribution in [1.29, 1.82) is 0 Å². The van der Waals surface area contributed by atoms with E-state index in [0.29, 0.717) is 22.1 Å². The highest BCUT2D eigenvalue weighted by molar-refractivity contribution is 9.10. The van der Waals surface area contributed by atoms with E-state index in [1.54, 1.807) is 23.0 Å². The van der Waals surface area contributed by atoms with E-state index < -0.39 is 16.6 Å². The highest BCUT2D eigenvalue weighted by Crippen LogP contribution is 2.29. The molecule has 0 atom stereocenters. The Labute approximate surface area is 201 Å². The molecule has 0 N–H and O–H groups in total. The van der Waals surface area contributed by atoms with Crippen LogP contribution >= 0.6 is 27.5 Å². The molecule has 3 heterocycles. The summed E-state index contributed by atoms with van der Waals surface area (Å²) < 4.78 is 23.7. The Morgan fingerprint density at radius 3 is 2.82 bits per heavy atom. The molecule has 0 bridgehead atoms. The Kier molecular flexibility index (Phi) is 6.70. The molecule has 3 aromatic heterocycles. The fourth-order valence-corrected chi connectivity index (χ4v) is 3.80. The zero-order valence-electron chi connectivity index (χ0n) is 17.3. The fourth-order valence-electron chi connectivity index (χ4n) is 3.29. The van der Waals surface area contributed by atoms with Gasteiger partial charge in [0.25, 0.3) is 0 Å². The Balaban J connectivity index is 1.67. The lowest BCUT2D eigenvalue weighted by Gasteiger charge is -2.14. The third kappa shape index (κ3) is 5.20. The number of halogens is 3. The van der Waals surface area contributed by atoms with Crippen LogP contribution in [0.25, 0.3) is 5.69 Å². The molecule has 170 valence electrons. The molecule has 4 aromatic rings. The molecule has 0 spiro atoms. The Hall–Kier alpha value is -3.31. The molecule has 0 fully saturated rings. The summed E-state index contributed by atoms with van der Waals surface area (Å²) in [6.45, 7) is 2.58. The lowest BCUT2D eigenvalue weighted by molar-refractivity contribution is -0.390. The molecule has 12 heteroatoms. The Morgan fingerprint density at radius 2 is 2.09 bits per heavy atom. The van der Waals surface area contributed by atoms with Crippen molar-refractivity contribution in [2.24, 2.45) is 0 Å². The number of ether oxygens (including phenoxy) is 1. The fraction of sp³-hybridized carbons (Fsp3) is 0.190. The summed E-state index contributed by atoms with van der Waals surface area (Å²) in [4.78, 5) is 14.4. The third-order valence-electron chi connectivity index (χ3n) is 4.77. The molecule has 33 heavy (non-hydrogen) atoms. The van der Waals surface area contributed by atoms with Crippen molar-refractivity contribution in [3.8, 4) is 11.4 Å². The van der Waals surface area contributed by atoms with E-state index in [2.05, 4.69) is 31.1 Å². The predicted octanol–water partition coefficient (Wildman–Crippen LogP) is 5.12. The van der Waals surface area contributed by atoms with Gasteiger partial charge in [-0.2, -0.15) is 10.2 Å². The minimum Gasteiger partial charge on any atom is -0.481 e. The number of benzene rings is 1. The van der Waals surface area contributed by atoms with Gasteiger partial charge in [-0.3, -0.25) is 4.68 Å². The number of nitrogens with zero attached hydrogens (tertiary/aromatic N) is 6. The molecule has 0 aliphatic rings. The molecular formula is C21H17BrClFN6O3. The average Bonchev–Trinajstić information content (AvgIpc) is 3.38. The van der Waals surface area contributed by atoms with Gasteiger partial charge in [0.05, 0.1) is 22.1 Å². The van der Waals surface area contributed by atoms with Crippen LogP contribution in [0.2, 0.25) is 5.15 Å². The van der Waals surface area contributed by atoms with Crippen LogP contribution in [0, 0.1) is 15.9 Å². The van der Waals surface area contributed by atoms with Crippen molar-refractivity contribution < 1.29 is 14.1 Å². The molecule has 0 aliphatic carbocycles. The normalized spacial score (nSPS) is 11.0. The monoisotopic (exact) mass is 534 g/mol. The van der Waals surface area contributed by atoms with Crippen LogP contribution in [-0.4, -0.2) is 29.5 Å². The lowest BCUT2D eigenvalue weighted by atomic mass is 10.1. The number of hydrogen-bond donors (Lipinski definition) is 0. The first-order valence-corrected chi connectivity index (χ1v) is 11.0. The number of rotatable bonds is 8. The molecule has 0 saturated heterocycles. The maximum absolute atomic E-state index is 14.1. The van der Waals surface area contributed by atoms with Gasteiger partial charge >= 0.3 is 5.82 Å². The molecule has 9 nitrogen and oxygen atoms in total. The van der Waals surface area contributed by atoms with Gasteiger partial charge in [0.1, 0.15) is 12.4 Å². The van der Waals surface area contributed by atoms with Crippen LogP contribution in [0.15, 0.2) is 53.4 Å². The van der Waals surface area contributed by atoms with Gasteiger partial charge in [0, 0.05) is 30.8 Å². The molecular weight excluding hydrogens is 519 g/mol. The van der Waals surface area contributed by atoms with Crippen molar-refractivity contribution >= 4 is 33.3 Å². The number of pyridine rings is 1. The van der Waals surface area contributed by atoms with E-state index in [1.807, 2.05) is 17.8 Å². The number of hydrogen-bond acceptors (Lipinski definition) is 6. The zero-order valence-corrected chi connectivity index (χ0v) is 19.6. The van der Waals surface area contributed by atoms with Crippen LogP contribution in [0.3, 0.4) is 0 Å². The van der Waals surface area contributed by atoms with Crippen LogP contribution in [-0.2, 0) is 19.6 Å². The lowest BCUT2D eigenvalue weighted by Crippen LogP contribution is -2.09. The maximum atomic E-state index is 14.1. The largest absolute Gasteiger partial charge is 0.481 e. The minimum absolute atomic E-state index is 0.0460. The van der Waals surface area contributed by atoms with E-state index in [4.69, 9.17) is 16.3 Å². The van der Waals surface area contributed by atoms with Crippen LogP contribution in [0.5, 0.6) is 5.75 Å². The summed E-state index contributed by atoms with van der Waals surface area (Å²) in [5.41, 5.74) is 2.69. The summed E-state index contributed by atoms with van der Waals surface area (Å²) >= 11 is 9.42. The number of aromatic nitrogens is 5. The van der Waals surface area contributed by atoms with E-state index in [0.717, 1.165) is 17.8 Å². The van der Waals surface area contributed by atoms with Crippen molar-refractivity contribution in [1.82, 2.24) is 24.5 Å². The SMILES string of the molecule is CCn1cc(Cc2cc(Cl)nn2-c2ccc(F)cc2COc2cc(Br)cnc2[N+](=O)[O-])cn1. The van der Waals surface area contributed by atoms with Crippen molar-refractivity contribution in [3.63, 3.8) is 0 Å². The van der Waals surface area contributed by atoms with Crippen LogP contribution < -0.4 is 4.74 Å². The molecule has 1 aromatic carbocycles. The molecule has 0 radical (unpaired) electrons. The van der Waals surface area contributed by atoms with Gasteiger partial charge in [0.2, 0.25) is 5.75 Å². The highest BCUT2D eigenvalue weighted by atomic mass is 79.9.